The van der Waals surface area contributed by atoms with E-state index in [1.807, 2.05) is 0 Å². The molecular weight excluding hydrogens is 821 g/mol. The number of esters is 1. The van der Waals surface area contributed by atoms with Crippen LogP contribution in [0.1, 0.15) is 114 Å². The average Bonchev–Trinajstić information content (AvgIpc) is 3.20. The van der Waals surface area contributed by atoms with Crippen LogP contribution in [0.3, 0.4) is 0 Å². The minimum atomic E-state index is -1.96. The number of aliphatic carboxylic acids is 1. The predicted octanol–water partition coefficient (Wildman–Crippen LogP) is 2.34. The van der Waals surface area contributed by atoms with E-state index in [0.29, 0.717) is 24.8 Å². The Kier molecular flexibility index (Phi) is 13.1. The van der Waals surface area contributed by atoms with Crippen LogP contribution in [-0.4, -0.2) is 151 Å². The molecule has 4 saturated carbocycles. The lowest BCUT2D eigenvalue weighted by Crippen LogP contribution is -2.69. The molecule has 16 heteroatoms. The summed E-state index contributed by atoms with van der Waals surface area (Å²) in [5.74, 6) is -1.91. The zero-order valence-corrected chi connectivity index (χ0v) is 38.3. The summed E-state index contributed by atoms with van der Waals surface area (Å²) in [6.45, 7) is 18.1. The third-order valence-corrected chi connectivity index (χ3v) is 18.3. The molecule has 0 aromatic carbocycles. The fourth-order valence-electron chi connectivity index (χ4n) is 14.4. The lowest BCUT2D eigenvalue weighted by Gasteiger charge is -2.72. The van der Waals surface area contributed by atoms with Crippen molar-refractivity contribution in [1.29, 1.82) is 0 Å². The van der Waals surface area contributed by atoms with Gasteiger partial charge in [-0.25, -0.2) is 9.59 Å². The van der Waals surface area contributed by atoms with E-state index in [1.54, 1.807) is 19.9 Å². The van der Waals surface area contributed by atoms with Gasteiger partial charge in [0.15, 0.2) is 18.7 Å². The normalized spacial score (nSPS) is 50.5. The number of ether oxygens (including phenoxy) is 5. The van der Waals surface area contributed by atoms with Gasteiger partial charge in [0.1, 0.15) is 48.8 Å². The predicted molar refractivity (Wildman–Crippen MR) is 224 cm³/mol. The van der Waals surface area contributed by atoms with Crippen LogP contribution in [0.5, 0.6) is 0 Å². The first kappa shape index (κ1) is 48.9. The van der Waals surface area contributed by atoms with Crippen LogP contribution in [0.2, 0.25) is 0 Å². The number of hydrogen-bond acceptors (Lipinski definition) is 15. The summed E-state index contributed by atoms with van der Waals surface area (Å²) in [6, 6.07) is 0. The molecule has 2 aliphatic heterocycles. The van der Waals surface area contributed by atoms with Gasteiger partial charge in [0, 0.05) is 5.57 Å². The molecule has 6 fully saturated rings. The number of allylic oxidation sites excluding steroid dienone is 3. The number of rotatable bonds is 9. The van der Waals surface area contributed by atoms with Crippen molar-refractivity contribution in [2.45, 2.75) is 193 Å². The van der Waals surface area contributed by atoms with Gasteiger partial charge in [-0.05, 0) is 110 Å². The Morgan fingerprint density at radius 2 is 1.46 bits per heavy atom. The zero-order chi connectivity index (χ0) is 46.6. The highest BCUT2D eigenvalue weighted by atomic mass is 16.7. The Morgan fingerprint density at radius 3 is 2.08 bits per heavy atom. The summed E-state index contributed by atoms with van der Waals surface area (Å²) in [7, 11) is 0. The van der Waals surface area contributed by atoms with Gasteiger partial charge in [0.25, 0.3) is 0 Å². The van der Waals surface area contributed by atoms with Crippen molar-refractivity contribution in [3.05, 3.63) is 23.3 Å². The summed E-state index contributed by atoms with van der Waals surface area (Å²) in [4.78, 5) is 25.7. The van der Waals surface area contributed by atoms with Crippen LogP contribution in [0.15, 0.2) is 23.3 Å². The Hall–Kier alpha value is -2.06. The maximum absolute atomic E-state index is 13.3. The molecule has 2 saturated heterocycles. The highest BCUT2D eigenvalue weighted by Crippen LogP contribution is 2.76. The molecule has 0 spiro atoms. The van der Waals surface area contributed by atoms with E-state index in [4.69, 9.17) is 23.7 Å². The van der Waals surface area contributed by atoms with Crippen molar-refractivity contribution in [3.63, 3.8) is 0 Å². The number of carboxylic acids is 1. The molecule has 7 aliphatic rings. The summed E-state index contributed by atoms with van der Waals surface area (Å²) in [5, 5.41) is 97.6. The Labute approximate surface area is 370 Å². The molecule has 20 unspecified atom stereocenters. The topological polar surface area (TPSA) is 262 Å². The molecule has 0 radical (unpaired) electrons. The van der Waals surface area contributed by atoms with Crippen molar-refractivity contribution < 1.29 is 79.2 Å². The fraction of sp³-hybridized carbons (Fsp3) is 0.872. The van der Waals surface area contributed by atoms with E-state index in [1.165, 1.54) is 5.57 Å². The number of fused-ring (bicyclic) bond motifs is 7. The number of carbonyl (C=O) groups excluding carboxylic acids is 1. The molecule has 2 heterocycles. The molecule has 0 aromatic heterocycles. The molecule has 0 aromatic rings. The molecule has 20 atom stereocenters. The van der Waals surface area contributed by atoms with E-state index in [0.717, 1.165) is 32.1 Å². The third-order valence-electron chi connectivity index (χ3n) is 18.3. The van der Waals surface area contributed by atoms with Gasteiger partial charge < -0.3 is 69.6 Å². The van der Waals surface area contributed by atoms with Gasteiger partial charge in [-0.15, -0.1) is 0 Å². The van der Waals surface area contributed by atoms with Crippen LogP contribution in [-0.2, 0) is 33.3 Å². The lowest BCUT2D eigenvalue weighted by atomic mass is 9.33. The highest BCUT2D eigenvalue weighted by molar-refractivity contribution is 5.87. The second-order valence-corrected chi connectivity index (χ2v) is 22.3. The lowest BCUT2D eigenvalue weighted by molar-refractivity contribution is -0.365. The summed E-state index contributed by atoms with van der Waals surface area (Å²) < 4.78 is 29.8. The second kappa shape index (κ2) is 16.9. The second-order valence-electron chi connectivity index (χ2n) is 22.3. The standard InChI is InChI=1S/C47H74O16/c1-10-22(2)39(58)60-30-19-42(3,4)17-24-23-11-12-27-44(7)15-14-29(43(5,6)26(44)13-16-45(27,8)46(23,9)18-28(50)47(24,30)21-49)61-41-35(55)36(34(54)37(63-41)38(56)57)62-40-33(53)32(52)31(51)25(20-48)59-40/h10-11,24-37,40-41,48-55H,12-21H2,1-9H3,(H,56,57). The molecule has 7 rings (SSSR count). The van der Waals surface area contributed by atoms with Crippen molar-refractivity contribution in [3.8, 4) is 0 Å². The number of carbonyl (C=O) groups is 2. The molecule has 16 nitrogen and oxygen atoms in total. The minimum Gasteiger partial charge on any atom is -0.479 e. The molecule has 9 N–H and O–H groups in total. The smallest absolute Gasteiger partial charge is 0.335 e. The van der Waals surface area contributed by atoms with Gasteiger partial charge in [-0.1, -0.05) is 66.2 Å². The van der Waals surface area contributed by atoms with Crippen molar-refractivity contribution in [2.75, 3.05) is 13.2 Å². The van der Waals surface area contributed by atoms with Gasteiger partial charge in [-0.3, -0.25) is 0 Å². The maximum atomic E-state index is 13.3. The molecule has 63 heavy (non-hydrogen) atoms. The number of carboxylic acid groups (broad SMARTS) is 1. The molecule has 0 amide bonds. The Balaban J connectivity index is 1.15. The Morgan fingerprint density at radius 1 is 0.794 bits per heavy atom. The third kappa shape index (κ3) is 7.49. The van der Waals surface area contributed by atoms with Crippen LogP contribution < -0.4 is 0 Å². The summed E-state index contributed by atoms with van der Waals surface area (Å²) >= 11 is 0. The van der Waals surface area contributed by atoms with Crippen LogP contribution >= 0.6 is 0 Å². The zero-order valence-electron chi connectivity index (χ0n) is 38.3. The minimum absolute atomic E-state index is 0.0976. The number of aliphatic hydroxyl groups is 8. The summed E-state index contributed by atoms with van der Waals surface area (Å²) in [5.41, 5.74) is -1.01. The van der Waals surface area contributed by atoms with Gasteiger partial charge in [0.2, 0.25) is 0 Å². The van der Waals surface area contributed by atoms with Gasteiger partial charge >= 0.3 is 11.9 Å². The van der Waals surface area contributed by atoms with E-state index >= 15 is 0 Å². The largest absolute Gasteiger partial charge is 0.479 e. The fourth-order valence-corrected chi connectivity index (χ4v) is 14.4. The van der Waals surface area contributed by atoms with Gasteiger partial charge in [-0.2, -0.15) is 0 Å². The molecule has 358 valence electrons. The molecular formula is C47H74O16. The van der Waals surface area contributed by atoms with Gasteiger partial charge in [0.05, 0.1) is 30.8 Å². The quantitative estimate of drug-likeness (QED) is 0.0697. The van der Waals surface area contributed by atoms with Crippen molar-refractivity contribution in [1.82, 2.24) is 0 Å². The van der Waals surface area contributed by atoms with E-state index in [9.17, 15) is 55.5 Å². The maximum Gasteiger partial charge on any atom is 0.335 e. The van der Waals surface area contributed by atoms with Crippen molar-refractivity contribution in [2.24, 2.45) is 50.2 Å². The first-order valence-corrected chi connectivity index (χ1v) is 23.0. The summed E-state index contributed by atoms with van der Waals surface area (Å²) in [6.07, 6.45) is -10.2. The average molecular weight is 895 g/mol. The molecule has 5 aliphatic carbocycles. The van der Waals surface area contributed by atoms with Crippen LogP contribution in [0.25, 0.3) is 0 Å². The van der Waals surface area contributed by atoms with Crippen LogP contribution in [0, 0.1) is 50.2 Å². The van der Waals surface area contributed by atoms with E-state index < -0.39 is 115 Å². The Bertz CT molecular complexity index is 1800. The number of aliphatic hydroxyl groups excluding tert-OH is 8. The monoisotopic (exact) mass is 894 g/mol. The highest BCUT2D eigenvalue weighted by Gasteiger charge is 2.72. The van der Waals surface area contributed by atoms with Crippen LogP contribution in [0.4, 0.5) is 0 Å². The number of hydrogen-bond donors (Lipinski definition) is 9. The first-order valence-electron chi connectivity index (χ1n) is 23.0. The van der Waals surface area contributed by atoms with Crippen molar-refractivity contribution >= 4 is 11.9 Å². The molecule has 0 bridgehead atoms. The SMILES string of the molecule is CC=C(C)C(=O)OC1CC(C)(C)CC2C3=CCC4C5(C)CCC(OC6OC(C(=O)O)C(O)C(OC7OC(CO)C(O)C(O)C7O)C6O)C(C)(C)C5CCC4(C)C3(C)CC(O)C12CO. The first-order chi connectivity index (χ1) is 29.3. The van der Waals surface area contributed by atoms with E-state index in [2.05, 4.69) is 54.5 Å². The van der Waals surface area contributed by atoms with E-state index in [-0.39, 0.29) is 40.6 Å².